The molecule has 4 N–H and O–H groups in total. The third-order valence-electron chi connectivity index (χ3n) is 6.94. The zero-order valence-electron chi connectivity index (χ0n) is 28.5. The first-order valence-electron chi connectivity index (χ1n) is 16.2. The van der Waals surface area contributed by atoms with Gasteiger partial charge in [-0.25, -0.2) is 14.4 Å². The summed E-state index contributed by atoms with van der Waals surface area (Å²) in [5, 5.41) is 9.04. The average molecular weight is 715 g/mol. The molecule has 3 rings (SSSR count). The number of aromatic amines is 1. The fraction of sp³-hybridized carbons (Fsp3) is 0.457. The Morgan fingerprint density at radius 1 is 0.776 bits per heavy atom. The van der Waals surface area contributed by atoms with Gasteiger partial charge in [-0.3, -0.25) is 9.59 Å². The lowest BCUT2D eigenvalue weighted by Gasteiger charge is -2.25. The Kier molecular flexibility index (Phi) is 15.8. The van der Waals surface area contributed by atoms with Crippen LogP contribution in [0.2, 0.25) is 0 Å². The number of benzene rings is 2. The highest BCUT2D eigenvalue weighted by Crippen LogP contribution is 2.24. The monoisotopic (exact) mass is 714 g/mol. The van der Waals surface area contributed by atoms with E-state index < -0.39 is 47.7 Å². The number of fused-ring (bicyclic) bond motifs is 1. The zero-order valence-corrected chi connectivity index (χ0v) is 30.2. The molecule has 3 aromatic rings. The smallest absolute Gasteiger partial charge is 0.408 e. The lowest BCUT2D eigenvalue weighted by atomic mass is 10.0. The van der Waals surface area contributed by atoms with Crippen LogP contribution in [0.3, 0.4) is 0 Å². The SMILES string of the molecule is CCOC(=O)[C@H](CSSC[C@H](NC(=O)[C@H](Cc1c[nH]c2ccccc12)NC(=O)OC(C)(C)C)C(=O)OCC)NC(=O)CCc1ccccc1. The second-order valence-corrected chi connectivity index (χ2v) is 14.6. The molecule has 0 aliphatic rings. The molecular weight excluding hydrogens is 669 g/mol. The number of aromatic nitrogens is 1. The maximum absolute atomic E-state index is 13.7. The molecule has 14 heteroatoms. The quantitative estimate of drug-likeness (QED) is 0.0628. The second-order valence-electron chi connectivity index (χ2n) is 12.0. The van der Waals surface area contributed by atoms with Gasteiger partial charge < -0.3 is 35.1 Å². The number of nitrogens with one attached hydrogen (secondary N) is 4. The number of H-pyrrole nitrogens is 1. The Hall–Kier alpha value is -4.17. The van der Waals surface area contributed by atoms with E-state index in [2.05, 4.69) is 20.9 Å². The van der Waals surface area contributed by atoms with Crippen LogP contribution in [-0.2, 0) is 46.2 Å². The van der Waals surface area contributed by atoms with Crippen molar-refractivity contribution in [2.45, 2.75) is 77.6 Å². The van der Waals surface area contributed by atoms with Crippen molar-refractivity contribution in [3.63, 3.8) is 0 Å². The van der Waals surface area contributed by atoms with Crippen molar-refractivity contribution in [1.82, 2.24) is 20.9 Å². The lowest BCUT2D eigenvalue weighted by Crippen LogP contribution is -2.54. The van der Waals surface area contributed by atoms with Crippen LogP contribution >= 0.6 is 21.6 Å². The highest BCUT2D eigenvalue weighted by molar-refractivity contribution is 8.76. The third kappa shape index (κ3) is 13.7. The van der Waals surface area contributed by atoms with Crippen molar-refractivity contribution < 1.29 is 38.2 Å². The Balaban J connectivity index is 1.66. The molecule has 0 aliphatic heterocycles. The molecule has 0 saturated carbocycles. The van der Waals surface area contributed by atoms with E-state index in [1.165, 1.54) is 21.6 Å². The minimum absolute atomic E-state index is 0.0823. The molecule has 0 saturated heterocycles. The predicted molar refractivity (Wildman–Crippen MR) is 192 cm³/mol. The van der Waals surface area contributed by atoms with Crippen molar-refractivity contribution >= 4 is 62.3 Å². The molecule has 0 spiro atoms. The van der Waals surface area contributed by atoms with Gasteiger partial charge in [-0.15, -0.1) is 0 Å². The number of hydrogen-bond acceptors (Lipinski definition) is 10. The van der Waals surface area contributed by atoms with Gasteiger partial charge in [0.2, 0.25) is 11.8 Å². The Morgan fingerprint density at radius 3 is 1.98 bits per heavy atom. The number of amides is 3. The van der Waals surface area contributed by atoms with Crippen LogP contribution in [0.5, 0.6) is 0 Å². The maximum Gasteiger partial charge on any atom is 0.408 e. The minimum Gasteiger partial charge on any atom is -0.464 e. The lowest BCUT2D eigenvalue weighted by molar-refractivity contribution is -0.147. The molecule has 12 nitrogen and oxygen atoms in total. The van der Waals surface area contributed by atoms with Crippen molar-refractivity contribution in [3.8, 4) is 0 Å². The van der Waals surface area contributed by atoms with Crippen molar-refractivity contribution in [2.24, 2.45) is 0 Å². The first-order chi connectivity index (χ1) is 23.4. The van der Waals surface area contributed by atoms with E-state index in [0.717, 1.165) is 22.0 Å². The van der Waals surface area contributed by atoms with Crippen LogP contribution in [-0.4, -0.2) is 83.3 Å². The van der Waals surface area contributed by atoms with Gasteiger partial charge in [0.1, 0.15) is 23.7 Å². The Labute approximate surface area is 294 Å². The summed E-state index contributed by atoms with van der Waals surface area (Å²) in [6.07, 6.45) is 1.84. The number of hydrogen-bond donors (Lipinski definition) is 4. The molecule has 0 fully saturated rings. The fourth-order valence-electron chi connectivity index (χ4n) is 4.68. The number of ether oxygens (including phenoxy) is 3. The molecule has 1 aromatic heterocycles. The van der Waals surface area contributed by atoms with Gasteiger partial charge >= 0.3 is 18.0 Å². The largest absolute Gasteiger partial charge is 0.464 e. The molecule has 0 radical (unpaired) electrons. The summed E-state index contributed by atoms with van der Waals surface area (Å²) in [4.78, 5) is 67.9. The van der Waals surface area contributed by atoms with E-state index in [-0.39, 0.29) is 43.5 Å². The number of esters is 2. The number of carbonyl (C=O) groups is 5. The number of aryl methyl sites for hydroxylation is 1. The summed E-state index contributed by atoms with van der Waals surface area (Å²) < 4.78 is 15.8. The highest BCUT2D eigenvalue weighted by Gasteiger charge is 2.30. The Bertz CT molecular complexity index is 1540. The highest BCUT2D eigenvalue weighted by atomic mass is 33.1. The summed E-state index contributed by atoms with van der Waals surface area (Å²) in [5.41, 5.74) is 1.88. The number of alkyl carbamates (subject to hydrolysis) is 1. The molecule has 266 valence electrons. The normalized spacial score (nSPS) is 13.1. The predicted octanol–water partition coefficient (Wildman–Crippen LogP) is 4.71. The summed E-state index contributed by atoms with van der Waals surface area (Å²) in [6.45, 7) is 8.75. The fourth-order valence-corrected chi connectivity index (χ4v) is 6.97. The molecule has 3 amide bonds. The first-order valence-corrected chi connectivity index (χ1v) is 18.6. The molecule has 49 heavy (non-hydrogen) atoms. The van der Waals surface area contributed by atoms with Crippen LogP contribution < -0.4 is 16.0 Å². The summed E-state index contributed by atoms with van der Waals surface area (Å²) in [5.74, 6) is -1.86. The topological polar surface area (TPSA) is 165 Å². The minimum atomic E-state index is -1.08. The third-order valence-corrected chi connectivity index (χ3v) is 9.36. The van der Waals surface area contributed by atoms with Gasteiger partial charge in [0, 0.05) is 41.4 Å². The number of carbonyl (C=O) groups excluding carboxylic acids is 5. The van der Waals surface area contributed by atoms with E-state index in [1.807, 2.05) is 54.6 Å². The molecule has 2 aromatic carbocycles. The van der Waals surface area contributed by atoms with Gasteiger partial charge in [0.15, 0.2) is 0 Å². The van der Waals surface area contributed by atoms with Crippen molar-refractivity contribution in [1.29, 1.82) is 0 Å². The zero-order chi connectivity index (χ0) is 35.8. The molecule has 0 aliphatic carbocycles. The van der Waals surface area contributed by atoms with Gasteiger partial charge in [-0.1, -0.05) is 70.1 Å². The van der Waals surface area contributed by atoms with E-state index in [9.17, 15) is 24.0 Å². The van der Waals surface area contributed by atoms with E-state index >= 15 is 0 Å². The molecular formula is C35H46N4O8S2. The molecule has 0 unspecified atom stereocenters. The first kappa shape index (κ1) is 39.3. The van der Waals surface area contributed by atoms with Crippen molar-refractivity contribution in [2.75, 3.05) is 24.7 Å². The van der Waals surface area contributed by atoms with E-state index in [4.69, 9.17) is 14.2 Å². The van der Waals surface area contributed by atoms with Gasteiger partial charge in [-0.05, 0) is 58.2 Å². The van der Waals surface area contributed by atoms with E-state index in [0.29, 0.717) is 6.42 Å². The molecule has 0 bridgehead atoms. The van der Waals surface area contributed by atoms with Crippen LogP contribution in [0.15, 0.2) is 60.8 Å². The number of rotatable bonds is 18. The van der Waals surface area contributed by atoms with Crippen LogP contribution in [0, 0.1) is 0 Å². The molecule has 3 atom stereocenters. The van der Waals surface area contributed by atoms with Crippen molar-refractivity contribution in [3.05, 3.63) is 71.9 Å². The average Bonchev–Trinajstić information content (AvgIpc) is 3.46. The molecule has 1 heterocycles. The van der Waals surface area contributed by atoms with Crippen LogP contribution in [0.25, 0.3) is 10.9 Å². The Morgan fingerprint density at radius 2 is 1.37 bits per heavy atom. The standard InChI is InChI=1S/C35H46N4O8S2/c1-6-45-32(42)28(37-30(40)18-17-23-13-9-8-10-14-23)21-48-49-22-29(33(43)46-7-2)38-31(41)27(39-34(44)47-35(3,4)5)19-24-20-36-26-16-12-11-15-25(24)26/h8-16,20,27-29,36H,6-7,17-19,21-22H2,1-5H3,(H,37,40)(H,38,41)(H,39,44)/t27-,28-,29-/m0/s1. The summed E-state index contributed by atoms with van der Waals surface area (Å²) >= 11 is 0. The summed E-state index contributed by atoms with van der Waals surface area (Å²) in [7, 11) is 2.47. The van der Waals surface area contributed by atoms with Crippen LogP contribution in [0.4, 0.5) is 4.79 Å². The maximum atomic E-state index is 13.7. The van der Waals surface area contributed by atoms with Crippen LogP contribution in [0.1, 0.15) is 52.2 Å². The van der Waals surface area contributed by atoms with E-state index in [1.54, 1.807) is 40.8 Å². The second kappa shape index (κ2) is 19.7. The summed E-state index contributed by atoms with van der Waals surface area (Å²) in [6, 6.07) is 14.1. The van der Waals surface area contributed by atoms with Gasteiger partial charge in [0.25, 0.3) is 0 Å². The van der Waals surface area contributed by atoms with Gasteiger partial charge in [-0.2, -0.15) is 0 Å². The number of para-hydroxylation sites is 1. The van der Waals surface area contributed by atoms with Gasteiger partial charge in [0.05, 0.1) is 13.2 Å².